The summed E-state index contributed by atoms with van der Waals surface area (Å²) in [5.74, 6) is 0.715. The Morgan fingerprint density at radius 3 is 3.00 bits per heavy atom. The fraction of sp³-hybridized carbons (Fsp3) is 0.600. The van der Waals surface area contributed by atoms with E-state index in [4.69, 9.17) is 4.74 Å². The van der Waals surface area contributed by atoms with Crippen LogP contribution in [0.5, 0.6) is 0 Å². The molecule has 2 rings (SSSR count). The molecule has 0 saturated carbocycles. The van der Waals surface area contributed by atoms with Crippen molar-refractivity contribution in [2.24, 2.45) is 0 Å². The van der Waals surface area contributed by atoms with E-state index >= 15 is 0 Å². The smallest absolute Gasteiger partial charge is 0.251 e. The second kappa shape index (κ2) is 6.70. The summed E-state index contributed by atoms with van der Waals surface area (Å²) in [6, 6.07) is 3.82. The van der Waals surface area contributed by atoms with Crippen molar-refractivity contribution in [3.8, 4) is 0 Å². The molecule has 1 aliphatic rings. The van der Waals surface area contributed by atoms with E-state index < -0.39 is 0 Å². The minimum absolute atomic E-state index is 0.0336. The van der Waals surface area contributed by atoms with Crippen LogP contribution < -0.4 is 10.6 Å². The van der Waals surface area contributed by atoms with Crippen LogP contribution in [0.4, 0.5) is 5.82 Å². The molecule has 1 aliphatic heterocycles. The second-order valence-corrected chi connectivity index (χ2v) is 5.29. The molecular formula is C15H23N3O2. The first-order valence-electron chi connectivity index (χ1n) is 7.23. The Hall–Kier alpha value is -1.62. The zero-order valence-electron chi connectivity index (χ0n) is 12.4. The lowest BCUT2D eigenvalue weighted by atomic mass is 10.0. The predicted octanol–water partition coefficient (Wildman–Crippen LogP) is 2.12. The van der Waals surface area contributed by atoms with Gasteiger partial charge in [0, 0.05) is 30.5 Å². The van der Waals surface area contributed by atoms with Crippen molar-refractivity contribution in [2.45, 2.75) is 45.8 Å². The third kappa shape index (κ3) is 3.93. The molecular weight excluding hydrogens is 254 g/mol. The molecule has 1 saturated heterocycles. The van der Waals surface area contributed by atoms with E-state index in [1.165, 1.54) is 0 Å². The number of hydrogen-bond acceptors (Lipinski definition) is 4. The lowest BCUT2D eigenvalue weighted by Crippen LogP contribution is -2.41. The number of rotatable bonds is 4. The minimum Gasteiger partial charge on any atom is -0.378 e. The third-order valence-electron chi connectivity index (χ3n) is 3.39. The molecule has 0 spiro atoms. The highest BCUT2D eigenvalue weighted by atomic mass is 16.5. The number of anilines is 1. The molecule has 0 bridgehead atoms. The van der Waals surface area contributed by atoms with Gasteiger partial charge in [-0.25, -0.2) is 4.98 Å². The molecule has 2 N–H and O–H groups in total. The van der Waals surface area contributed by atoms with E-state index in [0.717, 1.165) is 30.9 Å². The normalized spacial score (nSPS) is 22.4. The molecule has 1 amide bonds. The van der Waals surface area contributed by atoms with Gasteiger partial charge in [0.15, 0.2) is 0 Å². The fourth-order valence-corrected chi connectivity index (χ4v) is 2.47. The highest BCUT2D eigenvalue weighted by molar-refractivity contribution is 5.95. The van der Waals surface area contributed by atoms with Crippen LogP contribution >= 0.6 is 0 Å². The Kier molecular flexibility index (Phi) is 4.95. The molecule has 1 fully saturated rings. The molecule has 5 heteroatoms. The number of carbonyl (C=O) groups is 1. The number of hydrogen-bond donors (Lipinski definition) is 2. The Bertz CT molecular complexity index is 476. The molecule has 0 aliphatic carbocycles. The van der Waals surface area contributed by atoms with Gasteiger partial charge in [-0.3, -0.25) is 4.79 Å². The Balaban J connectivity index is 2.04. The van der Waals surface area contributed by atoms with Gasteiger partial charge in [-0.1, -0.05) is 0 Å². The standard InChI is InChI=1S/C15H23N3O2/c1-4-16-14-9-12(7-10(2)17-14)15(19)18-13-5-6-20-11(3)8-13/h7,9,11,13H,4-6,8H2,1-3H3,(H,16,17)(H,18,19). The van der Waals surface area contributed by atoms with Crippen LogP contribution in [0.25, 0.3) is 0 Å². The molecule has 2 unspecified atom stereocenters. The minimum atomic E-state index is -0.0336. The largest absolute Gasteiger partial charge is 0.378 e. The van der Waals surface area contributed by atoms with E-state index in [2.05, 4.69) is 15.6 Å². The van der Waals surface area contributed by atoms with Gasteiger partial charge < -0.3 is 15.4 Å². The first kappa shape index (κ1) is 14.8. The molecule has 2 heterocycles. The number of ether oxygens (including phenoxy) is 1. The zero-order valence-corrected chi connectivity index (χ0v) is 12.4. The summed E-state index contributed by atoms with van der Waals surface area (Å²) in [5.41, 5.74) is 1.50. The van der Waals surface area contributed by atoms with Gasteiger partial charge in [-0.2, -0.15) is 0 Å². The quantitative estimate of drug-likeness (QED) is 0.885. The molecule has 2 atom stereocenters. The molecule has 1 aromatic rings. The van der Waals surface area contributed by atoms with Crippen molar-refractivity contribution in [3.63, 3.8) is 0 Å². The number of pyridine rings is 1. The van der Waals surface area contributed by atoms with E-state index in [0.29, 0.717) is 12.2 Å². The molecule has 5 nitrogen and oxygen atoms in total. The predicted molar refractivity (Wildman–Crippen MR) is 79.0 cm³/mol. The number of aryl methyl sites for hydroxylation is 1. The number of nitrogens with zero attached hydrogens (tertiary/aromatic N) is 1. The van der Waals surface area contributed by atoms with Crippen molar-refractivity contribution in [1.82, 2.24) is 10.3 Å². The Labute approximate surface area is 120 Å². The maximum absolute atomic E-state index is 12.3. The summed E-state index contributed by atoms with van der Waals surface area (Å²) >= 11 is 0. The first-order chi connectivity index (χ1) is 9.58. The highest BCUT2D eigenvalue weighted by Gasteiger charge is 2.21. The number of carbonyl (C=O) groups excluding carboxylic acids is 1. The fourth-order valence-electron chi connectivity index (χ4n) is 2.47. The Morgan fingerprint density at radius 2 is 2.30 bits per heavy atom. The number of aromatic nitrogens is 1. The van der Waals surface area contributed by atoms with Crippen LogP contribution in [0, 0.1) is 6.92 Å². The number of amides is 1. The zero-order chi connectivity index (χ0) is 14.5. The molecule has 0 aromatic carbocycles. The van der Waals surface area contributed by atoms with E-state index in [1.54, 1.807) is 6.07 Å². The van der Waals surface area contributed by atoms with Gasteiger partial charge in [0.2, 0.25) is 0 Å². The van der Waals surface area contributed by atoms with Crippen LogP contribution in [0.1, 0.15) is 42.7 Å². The van der Waals surface area contributed by atoms with Crippen LogP contribution in [-0.2, 0) is 4.74 Å². The average Bonchev–Trinajstić information content (AvgIpc) is 2.38. The summed E-state index contributed by atoms with van der Waals surface area (Å²) in [4.78, 5) is 16.7. The highest BCUT2D eigenvalue weighted by Crippen LogP contribution is 2.15. The maximum Gasteiger partial charge on any atom is 0.251 e. The lowest BCUT2D eigenvalue weighted by Gasteiger charge is -2.28. The molecule has 110 valence electrons. The SMILES string of the molecule is CCNc1cc(C(=O)NC2CCOC(C)C2)cc(C)n1. The van der Waals surface area contributed by atoms with Gasteiger partial charge in [-0.05, 0) is 45.7 Å². The summed E-state index contributed by atoms with van der Waals surface area (Å²) in [5, 5.41) is 6.23. The third-order valence-corrected chi connectivity index (χ3v) is 3.39. The second-order valence-electron chi connectivity index (χ2n) is 5.29. The molecule has 0 radical (unpaired) electrons. The molecule has 1 aromatic heterocycles. The summed E-state index contributed by atoms with van der Waals surface area (Å²) in [6.07, 6.45) is 1.96. The van der Waals surface area contributed by atoms with Gasteiger partial charge >= 0.3 is 0 Å². The van der Waals surface area contributed by atoms with Crippen molar-refractivity contribution in [3.05, 3.63) is 23.4 Å². The van der Waals surface area contributed by atoms with Gasteiger partial charge in [-0.15, -0.1) is 0 Å². The maximum atomic E-state index is 12.3. The van der Waals surface area contributed by atoms with E-state index in [1.807, 2.05) is 26.8 Å². The Morgan fingerprint density at radius 1 is 1.50 bits per heavy atom. The van der Waals surface area contributed by atoms with Gasteiger partial charge in [0.1, 0.15) is 5.82 Å². The summed E-state index contributed by atoms with van der Waals surface area (Å²) in [7, 11) is 0. The summed E-state index contributed by atoms with van der Waals surface area (Å²) in [6.45, 7) is 7.44. The van der Waals surface area contributed by atoms with E-state index in [-0.39, 0.29) is 18.1 Å². The van der Waals surface area contributed by atoms with E-state index in [9.17, 15) is 4.79 Å². The van der Waals surface area contributed by atoms with Crippen LogP contribution in [-0.4, -0.2) is 36.2 Å². The van der Waals surface area contributed by atoms with Crippen molar-refractivity contribution < 1.29 is 9.53 Å². The van der Waals surface area contributed by atoms with Crippen molar-refractivity contribution >= 4 is 11.7 Å². The topological polar surface area (TPSA) is 63.2 Å². The van der Waals surface area contributed by atoms with Crippen molar-refractivity contribution in [2.75, 3.05) is 18.5 Å². The van der Waals surface area contributed by atoms with Gasteiger partial charge in [0.25, 0.3) is 5.91 Å². The van der Waals surface area contributed by atoms with Gasteiger partial charge in [0.05, 0.1) is 6.10 Å². The van der Waals surface area contributed by atoms with Crippen LogP contribution in [0.15, 0.2) is 12.1 Å². The first-order valence-corrected chi connectivity index (χ1v) is 7.23. The molecule has 20 heavy (non-hydrogen) atoms. The monoisotopic (exact) mass is 277 g/mol. The summed E-state index contributed by atoms with van der Waals surface area (Å²) < 4.78 is 5.49. The van der Waals surface area contributed by atoms with Crippen molar-refractivity contribution in [1.29, 1.82) is 0 Å². The van der Waals surface area contributed by atoms with Crippen LogP contribution in [0.2, 0.25) is 0 Å². The average molecular weight is 277 g/mol. The van der Waals surface area contributed by atoms with Crippen LogP contribution in [0.3, 0.4) is 0 Å². The lowest BCUT2D eigenvalue weighted by molar-refractivity contribution is 0.0136. The number of nitrogens with one attached hydrogen (secondary N) is 2.